The number of phenolic OH excluding ortho intramolecular Hbond substituents is 1. The van der Waals surface area contributed by atoms with Crippen LogP contribution < -0.4 is 5.32 Å². The maximum Gasteiger partial charge on any atom is 0.247 e. The van der Waals surface area contributed by atoms with E-state index >= 15 is 0 Å². The Hall–Kier alpha value is -1.57. The molecule has 0 saturated carbocycles. The fraction of sp³-hybridized carbons (Fsp3) is 0.273. The monoisotopic (exact) mass is 268 g/mol. The Morgan fingerprint density at radius 3 is 2.61 bits per heavy atom. The van der Waals surface area contributed by atoms with Gasteiger partial charge in [0.2, 0.25) is 5.91 Å². The molecule has 6 nitrogen and oxygen atoms in total. The predicted octanol–water partition coefficient (Wildman–Crippen LogP) is -0.0339. The lowest BCUT2D eigenvalue weighted by atomic mass is 10.1. The number of hydrogen-bond donors (Lipinski definition) is 4. The highest BCUT2D eigenvalue weighted by Gasteiger charge is 2.46. The van der Waals surface area contributed by atoms with Crippen LogP contribution >= 0.6 is 11.8 Å². The van der Waals surface area contributed by atoms with E-state index in [2.05, 4.69) is 10.3 Å². The molecule has 1 fully saturated rings. The smallest absolute Gasteiger partial charge is 0.247 e. The van der Waals surface area contributed by atoms with Gasteiger partial charge in [0, 0.05) is 6.07 Å². The van der Waals surface area contributed by atoms with Gasteiger partial charge in [0.1, 0.15) is 10.5 Å². The molecular formula is C11H12N2O4S. The molecular weight excluding hydrogens is 256 g/mol. The van der Waals surface area contributed by atoms with Gasteiger partial charge in [0.05, 0.1) is 18.9 Å². The van der Waals surface area contributed by atoms with Crippen molar-refractivity contribution in [2.75, 3.05) is 13.2 Å². The molecule has 0 atom stereocenters. The van der Waals surface area contributed by atoms with Gasteiger partial charge >= 0.3 is 0 Å². The van der Waals surface area contributed by atoms with Crippen LogP contribution in [0.5, 0.6) is 5.75 Å². The zero-order chi connectivity index (χ0) is 13.2. The number of amidine groups is 1. The van der Waals surface area contributed by atoms with Gasteiger partial charge in [-0.05, 0) is 12.1 Å². The van der Waals surface area contributed by atoms with E-state index in [1.165, 1.54) is 12.1 Å². The molecule has 2 rings (SSSR count). The molecule has 96 valence electrons. The van der Waals surface area contributed by atoms with Crippen molar-refractivity contribution in [1.29, 1.82) is 0 Å². The zero-order valence-electron chi connectivity index (χ0n) is 9.33. The first-order valence-corrected chi connectivity index (χ1v) is 6.01. The molecule has 0 unspecified atom stereocenters. The second-order valence-electron chi connectivity index (χ2n) is 3.80. The van der Waals surface area contributed by atoms with Gasteiger partial charge < -0.3 is 20.6 Å². The van der Waals surface area contributed by atoms with Crippen molar-refractivity contribution in [2.24, 2.45) is 4.99 Å². The molecule has 1 aliphatic rings. The molecule has 0 spiro atoms. The number of carbonyl (C=O) groups is 1. The third kappa shape index (κ3) is 2.33. The first kappa shape index (κ1) is 12.9. The number of rotatable bonds is 3. The number of carbonyl (C=O) groups excluding carboxylic acids is 1. The Labute approximate surface area is 107 Å². The molecule has 0 radical (unpaired) electrons. The molecule has 0 aliphatic carbocycles. The van der Waals surface area contributed by atoms with Crippen molar-refractivity contribution in [1.82, 2.24) is 5.32 Å². The number of nitrogens with zero attached hydrogens (tertiary/aromatic N) is 1. The minimum Gasteiger partial charge on any atom is -0.508 e. The van der Waals surface area contributed by atoms with Crippen molar-refractivity contribution in [3.63, 3.8) is 0 Å². The van der Waals surface area contributed by atoms with Gasteiger partial charge in [-0.25, -0.2) is 4.99 Å². The summed E-state index contributed by atoms with van der Waals surface area (Å²) in [6.07, 6.45) is 0. The van der Waals surface area contributed by atoms with E-state index in [0.717, 1.165) is 11.8 Å². The Morgan fingerprint density at radius 1 is 1.33 bits per heavy atom. The molecule has 4 N–H and O–H groups in total. The number of hydrogen-bond acceptors (Lipinski definition) is 6. The number of benzene rings is 1. The first-order valence-electron chi connectivity index (χ1n) is 5.19. The normalized spacial score (nSPS) is 20.1. The quantitative estimate of drug-likeness (QED) is 0.616. The molecule has 1 aliphatic heterocycles. The first-order chi connectivity index (χ1) is 8.59. The third-order valence-corrected chi connectivity index (χ3v) is 3.72. The molecule has 1 aromatic carbocycles. The summed E-state index contributed by atoms with van der Waals surface area (Å²) < 4.78 is -1.28. The number of aliphatic hydroxyl groups is 2. The predicted molar refractivity (Wildman–Crippen MR) is 67.8 cm³/mol. The Bertz CT molecular complexity index is 500. The van der Waals surface area contributed by atoms with Crippen molar-refractivity contribution in [2.45, 2.75) is 4.75 Å². The van der Waals surface area contributed by atoms with E-state index in [-0.39, 0.29) is 10.9 Å². The molecule has 1 amide bonds. The van der Waals surface area contributed by atoms with E-state index in [1.54, 1.807) is 12.1 Å². The Balaban J connectivity index is 2.25. The molecule has 7 heteroatoms. The fourth-order valence-corrected chi connectivity index (χ4v) is 2.39. The van der Waals surface area contributed by atoms with E-state index in [1.807, 2.05) is 0 Å². The summed E-state index contributed by atoms with van der Waals surface area (Å²) >= 11 is 0.975. The van der Waals surface area contributed by atoms with Crippen molar-refractivity contribution in [3.8, 4) is 5.75 Å². The lowest BCUT2D eigenvalue weighted by molar-refractivity contribution is -0.123. The minimum absolute atomic E-state index is 0.0711. The van der Waals surface area contributed by atoms with E-state index in [0.29, 0.717) is 5.69 Å². The van der Waals surface area contributed by atoms with Gasteiger partial charge in [-0.1, -0.05) is 17.8 Å². The number of aromatic hydroxyl groups is 1. The van der Waals surface area contributed by atoms with Crippen molar-refractivity contribution < 1.29 is 20.1 Å². The second-order valence-corrected chi connectivity index (χ2v) is 5.18. The summed E-state index contributed by atoms with van der Waals surface area (Å²) in [6, 6.07) is 6.24. The second kappa shape index (κ2) is 4.97. The van der Waals surface area contributed by atoms with Crippen LogP contribution in [0.1, 0.15) is 0 Å². The van der Waals surface area contributed by atoms with Gasteiger partial charge in [0.25, 0.3) is 0 Å². The van der Waals surface area contributed by atoms with Crippen molar-refractivity contribution in [3.05, 3.63) is 24.3 Å². The Morgan fingerprint density at radius 2 is 2.06 bits per heavy atom. The largest absolute Gasteiger partial charge is 0.508 e. The molecule has 18 heavy (non-hydrogen) atoms. The number of thioether (sulfide) groups is 1. The Kier molecular flexibility index (Phi) is 3.55. The number of phenols is 1. The molecule has 1 saturated heterocycles. The van der Waals surface area contributed by atoms with Crippen LogP contribution in [0.2, 0.25) is 0 Å². The fourth-order valence-electron chi connectivity index (χ4n) is 1.46. The van der Waals surface area contributed by atoms with Crippen molar-refractivity contribution >= 4 is 28.5 Å². The number of amides is 1. The summed E-state index contributed by atoms with van der Waals surface area (Å²) in [7, 11) is 0. The number of aliphatic hydroxyl groups excluding tert-OH is 2. The summed E-state index contributed by atoms with van der Waals surface area (Å²) in [6.45, 7) is -0.946. The van der Waals surface area contributed by atoms with Crippen LogP contribution in [0.4, 0.5) is 5.69 Å². The lowest BCUT2D eigenvalue weighted by Crippen LogP contribution is -2.43. The van der Waals surface area contributed by atoms with Crippen LogP contribution in [0.3, 0.4) is 0 Å². The van der Waals surface area contributed by atoms with Crippen LogP contribution in [0.15, 0.2) is 29.3 Å². The van der Waals surface area contributed by atoms with E-state index in [9.17, 15) is 20.1 Å². The zero-order valence-corrected chi connectivity index (χ0v) is 10.1. The number of aliphatic imine (C=N–C) groups is 1. The molecule has 1 heterocycles. The summed E-state index contributed by atoms with van der Waals surface area (Å²) in [5.41, 5.74) is 0.476. The van der Waals surface area contributed by atoms with E-state index in [4.69, 9.17) is 0 Å². The highest BCUT2D eigenvalue weighted by Crippen LogP contribution is 2.32. The van der Waals surface area contributed by atoms with Crippen LogP contribution in [0, 0.1) is 0 Å². The topological polar surface area (TPSA) is 102 Å². The lowest BCUT2D eigenvalue weighted by Gasteiger charge is -2.17. The average molecular weight is 268 g/mol. The average Bonchev–Trinajstić information content (AvgIpc) is 2.66. The standard InChI is InChI=1S/C11H12N2O4S/c14-5-11(6-15)9(17)13-10(18-11)12-7-2-1-3-8(16)4-7/h1-4,14-16H,5-6H2,(H,12,13,17). The highest BCUT2D eigenvalue weighted by atomic mass is 32.2. The third-order valence-electron chi connectivity index (χ3n) is 2.50. The molecule has 0 aromatic heterocycles. The van der Waals surface area contributed by atoms with Gasteiger partial charge in [-0.2, -0.15) is 0 Å². The number of nitrogens with one attached hydrogen (secondary N) is 1. The van der Waals surface area contributed by atoms with Gasteiger partial charge in [-0.3, -0.25) is 4.79 Å². The highest BCUT2D eigenvalue weighted by molar-refractivity contribution is 8.16. The maximum absolute atomic E-state index is 11.6. The summed E-state index contributed by atoms with van der Waals surface area (Å²) in [5, 5.41) is 30.4. The van der Waals surface area contributed by atoms with Gasteiger partial charge in [0.15, 0.2) is 5.17 Å². The van der Waals surface area contributed by atoms with Crippen LogP contribution in [0.25, 0.3) is 0 Å². The maximum atomic E-state index is 11.6. The molecule has 1 aromatic rings. The molecule has 0 bridgehead atoms. The van der Waals surface area contributed by atoms with Gasteiger partial charge in [-0.15, -0.1) is 0 Å². The SMILES string of the molecule is O=C1NC(=Nc2cccc(O)c2)SC1(CO)CO. The minimum atomic E-state index is -1.28. The van der Waals surface area contributed by atoms with Crippen LogP contribution in [-0.4, -0.2) is 44.4 Å². The van der Waals surface area contributed by atoms with Crippen LogP contribution in [-0.2, 0) is 4.79 Å². The summed E-state index contributed by atoms with van der Waals surface area (Å²) in [5.74, 6) is -0.404. The summed E-state index contributed by atoms with van der Waals surface area (Å²) in [4.78, 5) is 15.8. The van der Waals surface area contributed by atoms with E-state index < -0.39 is 23.9 Å².